The summed E-state index contributed by atoms with van der Waals surface area (Å²) in [6, 6.07) is 8.55. The van der Waals surface area contributed by atoms with Crippen LogP contribution in [-0.2, 0) is 21.2 Å². The first-order valence-electron chi connectivity index (χ1n) is 9.44. The van der Waals surface area contributed by atoms with Gasteiger partial charge in [0.05, 0.1) is 11.4 Å². The number of carbonyl (C=O) groups excluding carboxylic acids is 1. The van der Waals surface area contributed by atoms with Gasteiger partial charge in [0.2, 0.25) is 15.9 Å². The third-order valence-electron chi connectivity index (χ3n) is 4.88. The summed E-state index contributed by atoms with van der Waals surface area (Å²) in [7, 11) is -3.93. The summed E-state index contributed by atoms with van der Waals surface area (Å²) in [5.74, 6) is -2.82. The predicted octanol–water partition coefficient (Wildman–Crippen LogP) is 1.77. The number of rotatable bonds is 7. The largest absolute Gasteiger partial charge is 0.355 e. The molecule has 0 radical (unpaired) electrons. The molecule has 6 nitrogen and oxygen atoms in total. The molecule has 162 valence electrons. The lowest BCUT2D eigenvalue weighted by atomic mass is 10.1. The van der Waals surface area contributed by atoms with Gasteiger partial charge in [-0.05, 0) is 42.3 Å². The number of hydrogen-bond donors (Lipinski definition) is 1. The maximum Gasteiger partial charge on any atom is 0.243 e. The van der Waals surface area contributed by atoms with Crippen LogP contribution < -0.4 is 5.32 Å². The summed E-state index contributed by atoms with van der Waals surface area (Å²) in [6.07, 6.45) is 0.576. The van der Waals surface area contributed by atoms with Gasteiger partial charge in [-0.25, -0.2) is 21.6 Å². The van der Waals surface area contributed by atoms with Gasteiger partial charge in [0.15, 0.2) is 11.6 Å². The normalized spacial score (nSPS) is 15.8. The molecule has 0 spiro atoms. The Kier molecular flexibility index (Phi) is 7.11. The van der Waals surface area contributed by atoms with Gasteiger partial charge in [-0.3, -0.25) is 9.69 Å². The highest BCUT2D eigenvalue weighted by molar-refractivity contribution is 7.89. The van der Waals surface area contributed by atoms with E-state index in [2.05, 4.69) is 5.32 Å². The SMILES string of the molecule is O=C(CN1CCN(S(=O)(=O)c2ccc(F)c(F)c2)CC1)NCCc1ccc(F)cc1. The van der Waals surface area contributed by atoms with Crippen molar-refractivity contribution in [1.82, 2.24) is 14.5 Å². The van der Waals surface area contributed by atoms with E-state index in [9.17, 15) is 26.4 Å². The third kappa shape index (κ3) is 5.59. The molecule has 0 aromatic heterocycles. The Balaban J connectivity index is 1.45. The lowest BCUT2D eigenvalue weighted by Gasteiger charge is -2.33. The first kappa shape index (κ1) is 22.3. The van der Waals surface area contributed by atoms with Crippen LogP contribution in [0, 0.1) is 17.5 Å². The highest BCUT2D eigenvalue weighted by atomic mass is 32.2. The number of nitrogens with zero attached hydrogens (tertiary/aromatic N) is 2. The van der Waals surface area contributed by atoms with Crippen molar-refractivity contribution in [2.45, 2.75) is 11.3 Å². The molecular weight excluding hydrogens is 419 g/mol. The topological polar surface area (TPSA) is 69.7 Å². The summed E-state index contributed by atoms with van der Waals surface area (Å²) < 4.78 is 65.7. The molecule has 3 rings (SSSR count). The smallest absolute Gasteiger partial charge is 0.243 e. The molecule has 10 heteroatoms. The van der Waals surface area contributed by atoms with Crippen molar-refractivity contribution in [2.24, 2.45) is 0 Å². The lowest BCUT2D eigenvalue weighted by molar-refractivity contribution is -0.122. The molecule has 1 amide bonds. The first-order valence-corrected chi connectivity index (χ1v) is 10.9. The van der Waals surface area contributed by atoms with Crippen molar-refractivity contribution in [3.63, 3.8) is 0 Å². The molecule has 1 aliphatic heterocycles. The minimum Gasteiger partial charge on any atom is -0.355 e. The van der Waals surface area contributed by atoms with Crippen molar-refractivity contribution >= 4 is 15.9 Å². The minimum atomic E-state index is -3.93. The fraction of sp³-hybridized carbons (Fsp3) is 0.350. The number of sulfonamides is 1. The maximum absolute atomic E-state index is 13.4. The zero-order valence-corrected chi connectivity index (χ0v) is 17.0. The number of carbonyl (C=O) groups is 1. The van der Waals surface area contributed by atoms with Crippen LogP contribution in [0.1, 0.15) is 5.56 Å². The minimum absolute atomic E-state index is 0.127. The van der Waals surface area contributed by atoms with Crippen LogP contribution in [-0.4, -0.2) is 62.8 Å². The molecule has 1 saturated heterocycles. The molecule has 0 atom stereocenters. The highest BCUT2D eigenvalue weighted by Gasteiger charge is 2.29. The molecular formula is C20H22F3N3O3S. The Morgan fingerprint density at radius 3 is 2.23 bits per heavy atom. The molecule has 2 aromatic carbocycles. The van der Waals surface area contributed by atoms with Gasteiger partial charge in [0.1, 0.15) is 5.82 Å². The Hall–Kier alpha value is -2.43. The summed E-state index contributed by atoms with van der Waals surface area (Å²) in [4.78, 5) is 13.6. The highest BCUT2D eigenvalue weighted by Crippen LogP contribution is 2.19. The van der Waals surface area contributed by atoms with Gasteiger partial charge in [-0.1, -0.05) is 12.1 Å². The predicted molar refractivity (Wildman–Crippen MR) is 105 cm³/mol. The number of benzene rings is 2. The zero-order valence-electron chi connectivity index (χ0n) is 16.2. The van der Waals surface area contributed by atoms with E-state index in [4.69, 9.17) is 0 Å². The molecule has 1 heterocycles. The second kappa shape index (κ2) is 9.59. The first-order chi connectivity index (χ1) is 14.3. The summed E-state index contributed by atoms with van der Waals surface area (Å²) in [6.45, 7) is 1.51. The van der Waals surface area contributed by atoms with Crippen LogP contribution in [0.25, 0.3) is 0 Å². The van der Waals surface area contributed by atoms with Crippen molar-refractivity contribution in [2.75, 3.05) is 39.3 Å². The van der Waals surface area contributed by atoms with Crippen LogP contribution >= 0.6 is 0 Å². The number of nitrogens with one attached hydrogen (secondary N) is 1. The molecule has 0 unspecified atom stereocenters. The number of piperazine rings is 1. The van der Waals surface area contributed by atoms with Crippen LogP contribution in [0.15, 0.2) is 47.4 Å². The van der Waals surface area contributed by atoms with Gasteiger partial charge in [0.25, 0.3) is 0 Å². The van der Waals surface area contributed by atoms with Crippen LogP contribution in [0.3, 0.4) is 0 Å². The molecule has 1 N–H and O–H groups in total. The quantitative estimate of drug-likeness (QED) is 0.711. The lowest BCUT2D eigenvalue weighted by Crippen LogP contribution is -2.51. The molecule has 1 aliphatic rings. The Bertz CT molecular complexity index is 992. The van der Waals surface area contributed by atoms with Gasteiger partial charge < -0.3 is 5.32 Å². The standard InChI is InChI=1S/C20H22F3N3O3S/c21-16-3-1-15(2-4-16)7-8-24-20(27)14-25-9-11-26(12-10-25)30(28,29)17-5-6-18(22)19(23)13-17/h1-6,13H,7-12,14H2,(H,24,27). The molecule has 0 aliphatic carbocycles. The van der Waals surface area contributed by atoms with E-state index in [0.29, 0.717) is 32.1 Å². The average molecular weight is 441 g/mol. The van der Waals surface area contributed by atoms with E-state index in [1.165, 1.54) is 16.4 Å². The average Bonchev–Trinajstić information content (AvgIpc) is 2.72. The summed E-state index contributed by atoms with van der Waals surface area (Å²) >= 11 is 0. The maximum atomic E-state index is 13.4. The Labute approximate surface area is 173 Å². The molecule has 2 aromatic rings. The second-order valence-corrected chi connectivity index (χ2v) is 8.92. The van der Waals surface area contributed by atoms with Gasteiger partial charge in [0, 0.05) is 32.7 Å². The van der Waals surface area contributed by atoms with Crippen molar-refractivity contribution in [1.29, 1.82) is 0 Å². The van der Waals surface area contributed by atoms with Crippen LogP contribution in [0.2, 0.25) is 0 Å². The van der Waals surface area contributed by atoms with Crippen molar-refractivity contribution < 1.29 is 26.4 Å². The van der Waals surface area contributed by atoms with Gasteiger partial charge >= 0.3 is 0 Å². The zero-order chi connectivity index (χ0) is 21.7. The van der Waals surface area contributed by atoms with E-state index in [-0.39, 0.29) is 36.3 Å². The van der Waals surface area contributed by atoms with E-state index < -0.39 is 21.7 Å². The summed E-state index contributed by atoms with van der Waals surface area (Å²) in [5, 5.41) is 2.79. The molecule has 1 fully saturated rings. The molecule has 0 saturated carbocycles. The van der Waals surface area contributed by atoms with E-state index in [1.54, 1.807) is 12.1 Å². The number of halogens is 3. The second-order valence-electron chi connectivity index (χ2n) is 6.98. The van der Waals surface area contributed by atoms with Crippen molar-refractivity contribution in [3.8, 4) is 0 Å². The Morgan fingerprint density at radius 1 is 0.933 bits per heavy atom. The fourth-order valence-corrected chi connectivity index (χ4v) is 4.61. The van der Waals surface area contributed by atoms with E-state index in [1.807, 2.05) is 4.90 Å². The van der Waals surface area contributed by atoms with Crippen LogP contribution in [0.5, 0.6) is 0 Å². The fourth-order valence-electron chi connectivity index (χ4n) is 3.17. The number of amides is 1. The third-order valence-corrected chi connectivity index (χ3v) is 6.77. The van der Waals surface area contributed by atoms with E-state index >= 15 is 0 Å². The van der Waals surface area contributed by atoms with Crippen LogP contribution in [0.4, 0.5) is 13.2 Å². The van der Waals surface area contributed by atoms with E-state index in [0.717, 1.165) is 17.7 Å². The monoisotopic (exact) mass is 441 g/mol. The van der Waals surface area contributed by atoms with Gasteiger partial charge in [-0.15, -0.1) is 0 Å². The molecule has 0 bridgehead atoms. The summed E-state index contributed by atoms with van der Waals surface area (Å²) in [5.41, 5.74) is 0.910. The Morgan fingerprint density at radius 2 is 1.60 bits per heavy atom. The van der Waals surface area contributed by atoms with Crippen molar-refractivity contribution in [3.05, 3.63) is 65.5 Å². The number of hydrogen-bond acceptors (Lipinski definition) is 4. The van der Waals surface area contributed by atoms with Gasteiger partial charge in [-0.2, -0.15) is 4.31 Å². The molecule has 30 heavy (non-hydrogen) atoms.